The van der Waals surface area contributed by atoms with Gasteiger partial charge in [-0.15, -0.1) is 0 Å². The first-order valence-electron chi connectivity index (χ1n) is 12.4. The molecule has 0 radical (unpaired) electrons. The average molecular weight is 569 g/mol. The number of carbonyl (C=O) groups is 2. The highest BCUT2D eigenvalue weighted by Gasteiger charge is 2.47. The predicted molar refractivity (Wildman–Crippen MR) is 146 cm³/mol. The van der Waals surface area contributed by atoms with E-state index in [2.05, 4.69) is 48.9 Å². The number of hydrogen-bond donors (Lipinski definition) is 1. The number of dihydropyridines is 1. The lowest BCUT2D eigenvalue weighted by Crippen LogP contribution is -2.42. The van der Waals surface area contributed by atoms with Crippen LogP contribution in [0, 0.1) is 10.8 Å². The number of benzene rings is 2. The molecule has 3 aliphatic rings. The molecule has 6 heteroatoms. The van der Waals surface area contributed by atoms with Crippen LogP contribution in [0.4, 0.5) is 0 Å². The van der Waals surface area contributed by atoms with Crippen LogP contribution in [0.1, 0.15) is 70.4 Å². The Morgan fingerprint density at radius 3 is 2.08 bits per heavy atom. The van der Waals surface area contributed by atoms with Gasteiger partial charge in [0.1, 0.15) is 12.4 Å². The fourth-order valence-corrected chi connectivity index (χ4v) is 6.42. The minimum atomic E-state index is -0.456. The zero-order valence-corrected chi connectivity index (χ0v) is 23.5. The highest BCUT2D eigenvalue weighted by atomic mass is 79.9. The van der Waals surface area contributed by atoms with Gasteiger partial charge in [0, 0.05) is 61.9 Å². The Morgan fingerprint density at radius 2 is 1.50 bits per heavy atom. The maximum Gasteiger partial charge on any atom is 0.162 e. The molecule has 0 saturated carbocycles. The maximum absolute atomic E-state index is 13.7. The molecule has 2 aliphatic carbocycles. The summed E-state index contributed by atoms with van der Waals surface area (Å²) in [7, 11) is 0. The number of hydrogen-bond acceptors (Lipinski definition) is 4. The van der Waals surface area contributed by atoms with Gasteiger partial charge in [0.25, 0.3) is 0 Å². The molecule has 0 spiro atoms. The zero-order valence-electron chi connectivity index (χ0n) is 21.1. The second-order valence-electron chi connectivity index (χ2n) is 11.8. The molecule has 36 heavy (non-hydrogen) atoms. The van der Waals surface area contributed by atoms with Crippen LogP contribution in [-0.2, 0) is 16.2 Å². The van der Waals surface area contributed by atoms with Crippen molar-refractivity contribution in [2.24, 2.45) is 10.8 Å². The van der Waals surface area contributed by atoms with Crippen molar-refractivity contribution in [3.05, 3.63) is 85.6 Å². The summed E-state index contributed by atoms with van der Waals surface area (Å²) in [6.45, 7) is 8.80. The molecule has 0 fully saturated rings. The summed E-state index contributed by atoms with van der Waals surface area (Å²) in [5.41, 5.74) is 4.75. The van der Waals surface area contributed by atoms with E-state index >= 15 is 0 Å². The van der Waals surface area contributed by atoms with Gasteiger partial charge in [0.2, 0.25) is 0 Å². The number of halogens is 2. The quantitative estimate of drug-likeness (QED) is 0.411. The molecule has 4 nitrogen and oxygen atoms in total. The van der Waals surface area contributed by atoms with Crippen LogP contribution in [-0.4, -0.2) is 11.6 Å². The number of ether oxygens (including phenoxy) is 1. The van der Waals surface area contributed by atoms with Crippen molar-refractivity contribution in [3.8, 4) is 5.75 Å². The van der Waals surface area contributed by atoms with E-state index < -0.39 is 5.92 Å². The van der Waals surface area contributed by atoms with Gasteiger partial charge in [-0.05, 0) is 47.9 Å². The Labute approximate surface area is 226 Å². The summed E-state index contributed by atoms with van der Waals surface area (Å²) in [4.78, 5) is 27.3. The van der Waals surface area contributed by atoms with E-state index in [-0.39, 0.29) is 22.4 Å². The molecule has 5 rings (SSSR count). The summed E-state index contributed by atoms with van der Waals surface area (Å²) in [5.74, 6) is 0.390. The minimum Gasteiger partial charge on any atom is -0.489 e. The Hall–Kier alpha value is -2.37. The molecular formula is C30H31BrClNO3. The predicted octanol–water partition coefficient (Wildman–Crippen LogP) is 7.65. The molecule has 188 valence electrons. The van der Waals surface area contributed by atoms with Gasteiger partial charge in [0.15, 0.2) is 11.6 Å². The second kappa shape index (κ2) is 9.18. The van der Waals surface area contributed by atoms with Crippen molar-refractivity contribution in [1.82, 2.24) is 5.32 Å². The molecule has 0 bridgehead atoms. The normalized spacial score (nSPS) is 21.2. The minimum absolute atomic E-state index is 0.0972. The lowest BCUT2D eigenvalue weighted by molar-refractivity contribution is -0.119. The van der Waals surface area contributed by atoms with E-state index in [1.165, 1.54) is 0 Å². The van der Waals surface area contributed by atoms with E-state index in [1.54, 1.807) is 0 Å². The standard InChI is InChI=1S/C30H31BrClNO3/c1-29(2)12-21-27(23(34)14-29)26(28-22(33-21)13-30(3,4)15-24(28)35)19-11-18(31)9-10-25(19)36-16-17-7-5-6-8-20(17)32/h5-11,26,33H,12-16H2,1-4H3. The van der Waals surface area contributed by atoms with Crippen molar-refractivity contribution >= 4 is 39.1 Å². The molecule has 0 amide bonds. The van der Waals surface area contributed by atoms with Gasteiger partial charge in [-0.3, -0.25) is 9.59 Å². The van der Waals surface area contributed by atoms with E-state index in [9.17, 15) is 9.59 Å². The number of ketones is 2. The van der Waals surface area contributed by atoms with E-state index in [4.69, 9.17) is 16.3 Å². The highest BCUT2D eigenvalue weighted by molar-refractivity contribution is 9.10. The fourth-order valence-electron chi connectivity index (χ4n) is 5.85. The van der Waals surface area contributed by atoms with Gasteiger partial charge < -0.3 is 10.1 Å². The van der Waals surface area contributed by atoms with Crippen LogP contribution in [0.25, 0.3) is 0 Å². The molecule has 1 heterocycles. The van der Waals surface area contributed by atoms with Crippen molar-refractivity contribution in [2.45, 2.75) is 65.9 Å². The Bertz CT molecular complexity index is 1290. The smallest absolute Gasteiger partial charge is 0.162 e. The van der Waals surface area contributed by atoms with Gasteiger partial charge >= 0.3 is 0 Å². The van der Waals surface area contributed by atoms with Crippen molar-refractivity contribution in [2.75, 3.05) is 0 Å². The average Bonchev–Trinajstić information content (AvgIpc) is 2.76. The molecule has 0 aromatic heterocycles. The molecular weight excluding hydrogens is 538 g/mol. The number of rotatable bonds is 4. The van der Waals surface area contributed by atoms with Gasteiger partial charge in [0.05, 0.1) is 0 Å². The van der Waals surface area contributed by atoms with Gasteiger partial charge in [-0.25, -0.2) is 0 Å². The van der Waals surface area contributed by atoms with Gasteiger partial charge in [-0.2, -0.15) is 0 Å². The van der Waals surface area contributed by atoms with Crippen molar-refractivity contribution in [3.63, 3.8) is 0 Å². The lowest BCUT2D eigenvalue weighted by atomic mass is 9.64. The number of allylic oxidation sites excluding steroid dienone is 4. The Morgan fingerprint density at radius 1 is 0.917 bits per heavy atom. The third-order valence-electron chi connectivity index (χ3n) is 7.34. The van der Waals surface area contributed by atoms with Crippen LogP contribution in [0.15, 0.2) is 69.5 Å². The zero-order chi connectivity index (χ0) is 25.8. The van der Waals surface area contributed by atoms with Crippen LogP contribution in [0.5, 0.6) is 5.75 Å². The highest BCUT2D eigenvalue weighted by Crippen LogP contribution is 2.52. The molecule has 0 saturated heterocycles. The number of nitrogens with one attached hydrogen (secondary N) is 1. The third-order valence-corrected chi connectivity index (χ3v) is 8.20. The summed E-state index contributed by atoms with van der Waals surface area (Å²) in [6, 6.07) is 13.4. The monoisotopic (exact) mass is 567 g/mol. The molecule has 0 atom stereocenters. The molecule has 2 aromatic rings. The van der Waals surface area contributed by atoms with E-state index in [0.29, 0.717) is 41.4 Å². The second-order valence-corrected chi connectivity index (χ2v) is 13.1. The first-order valence-corrected chi connectivity index (χ1v) is 13.6. The third kappa shape index (κ3) is 4.80. The molecule has 2 aromatic carbocycles. The van der Waals surface area contributed by atoms with Crippen molar-refractivity contribution < 1.29 is 14.3 Å². The van der Waals surface area contributed by atoms with E-state index in [1.807, 2.05) is 42.5 Å². The van der Waals surface area contributed by atoms with E-state index in [0.717, 1.165) is 39.8 Å². The molecule has 1 N–H and O–H groups in total. The Balaban J connectivity index is 1.65. The largest absolute Gasteiger partial charge is 0.489 e. The number of Topliss-reactive ketones (excluding diaryl/α,β-unsaturated/α-hetero) is 2. The first-order chi connectivity index (χ1) is 16.9. The number of carbonyl (C=O) groups excluding carboxylic acids is 2. The summed E-state index contributed by atoms with van der Waals surface area (Å²) >= 11 is 10.00. The Kier molecular flexibility index (Phi) is 6.45. The van der Waals surface area contributed by atoms with Crippen molar-refractivity contribution in [1.29, 1.82) is 0 Å². The summed E-state index contributed by atoms with van der Waals surface area (Å²) in [6.07, 6.45) is 2.44. The van der Waals surface area contributed by atoms with Gasteiger partial charge in [-0.1, -0.05) is 73.4 Å². The topological polar surface area (TPSA) is 55.4 Å². The van der Waals surface area contributed by atoms with Crippen LogP contribution in [0.2, 0.25) is 5.02 Å². The summed E-state index contributed by atoms with van der Waals surface area (Å²) in [5, 5.41) is 4.22. The summed E-state index contributed by atoms with van der Waals surface area (Å²) < 4.78 is 7.20. The van der Waals surface area contributed by atoms with Crippen LogP contribution < -0.4 is 10.1 Å². The first kappa shape index (κ1) is 25.3. The molecule has 0 unspecified atom stereocenters. The molecule has 1 aliphatic heterocycles. The SMILES string of the molecule is CC1(C)CC(=O)C2=C(C1)NC1=C(C(=O)CC(C)(C)C1)C2c1cc(Br)ccc1OCc1ccccc1Cl. The van der Waals surface area contributed by atoms with Crippen LogP contribution in [0.3, 0.4) is 0 Å². The fraction of sp³-hybridized carbons (Fsp3) is 0.400. The maximum atomic E-state index is 13.7. The lowest BCUT2D eigenvalue weighted by Gasteiger charge is -2.44. The van der Waals surface area contributed by atoms with Crippen LogP contribution >= 0.6 is 27.5 Å².